The Morgan fingerprint density at radius 2 is 1.67 bits per heavy atom. The van der Waals surface area contributed by atoms with Crippen LogP contribution in [0.2, 0.25) is 0 Å². The summed E-state index contributed by atoms with van der Waals surface area (Å²) in [6.07, 6.45) is 0. The number of aromatic nitrogens is 1. The molecule has 4 aromatic rings. The molecule has 0 aliphatic heterocycles. The highest BCUT2D eigenvalue weighted by Gasteiger charge is 2.20. The predicted molar refractivity (Wildman–Crippen MR) is 119 cm³/mol. The second-order valence-electron chi connectivity index (χ2n) is 6.62. The van der Waals surface area contributed by atoms with Gasteiger partial charge in [0.2, 0.25) is 0 Å². The molecule has 0 unspecified atom stereocenters. The van der Waals surface area contributed by atoms with E-state index in [1.807, 2.05) is 60.7 Å². The third-order valence-corrected chi connectivity index (χ3v) is 5.70. The fourth-order valence-electron chi connectivity index (χ4n) is 3.06. The van der Waals surface area contributed by atoms with E-state index in [9.17, 15) is 9.90 Å². The number of benzene rings is 3. The number of ether oxygens (including phenoxy) is 1. The maximum Gasteiger partial charge on any atom is 0.263 e. The molecule has 3 aromatic carbocycles. The molecule has 0 aliphatic carbocycles. The highest BCUT2D eigenvalue weighted by atomic mass is 32.1. The van der Waals surface area contributed by atoms with Crippen LogP contribution in [0.25, 0.3) is 21.8 Å². The summed E-state index contributed by atoms with van der Waals surface area (Å²) in [5.74, 6) is 0.241. The van der Waals surface area contributed by atoms with Gasteiger partial charge < -0.3 is 15.2 Å². The molecule has 4 rings (SSSR count). The van der Waals surface area contributed by atoms with Crippen molar-refractivity contribution in [3.8, 4) is 33.3 Å². The summed E-state index contributed by atoms with van der Waals surface area (Å²) in [4.78, 5) is 18.4. The van der Waals surface area contributed by atoms with Crippen LogP contribution < -0.4 is 10.1 Å². The van der Waals surface area contributed by atoms with Crippen molar-refractivity contribution in [2.24, 2.45) is 0 Å². The quantitative estimate of drug-likeness (QED) is 0.458. The van der Waals surface area contributed by atoms with Gasteiger partial charge in [-0.25, -0.2) is 4.98 Å². The minimum atomic E-state index is -0.194. The van der Waals surface area contributed by atoms with E-state index < -0.39 is 0 Å². The van der Waals surface area contributed by atoms with Gasteiger partial charge in [0.25, 0.3) is 5.91 Å². The molecular formula is C24H20N2O3S. The van der Waals surface area contributed by atoms with E-state index in [1.165, 1.54) is 18.4 Å². The second-order valence-corrected chi connectivity index (χ2v) is 7.62. The number of phenols is 1. The van der Waals surface area contributed by atoms with E-state index in [-0.39, 0.29) is 11.7 Å². The van der Waals surface area contributed by atoms with Gasteiger partial charge in [-0.2, -0.15) is 0 Å². The lowest BCUT2D eigenvalue weighted by Gasteiger charge is -2.08. The summed E-state index contributed by atoms with van der Waals surface area (Å²) in [6.45, 7) is 0.308. The van der Waals surface area contributed by atoms with Crippen LogP contribution in [0.4, 0.5) is 0 Å². The van der Waals surface area contributed by atoms with E-state index in [0.717, 1.165) is 21.7 Å². The number of carbonyl (C=O) groups is 1. The number of methoxy groups -OCH3 is 1. The van der Waals surface area contributed by atoms with Crippen molar-refractivity contribution >= 4 is 17.2 Å². The first-order valence-corrected chi connectivity index (χ1v) is 10.2. The van der Waals surface area contributed by atoms with Crippen LogP contribution in [0.5, 0.6) is 11.5 Å². The Hall–Kier alpha value is -3.64. The number of nitrogens with one attached hydrogen (secondary N) is 1. The van der Waals surface area contributed by atoms with Crippen molar-refractivity contribution in [1.29, 1.82) is 0 Å². The van der Waals surface area contributed by atoms with Crippen molar-refractivity contribution in [1.82, 2.24) is 10.3 Å². The normalized spacial score (nSPS) is 10.6. The van der Waals surface area contributed by atoms with E-state index in [2.05, 4.69) is 5.32 Å². The average molecular weight is 417 g/mol. The number of aromatic hydroxyl groups is 1. The SMILES string of the molecule is COc1cc(CNC(=O)c2sc(-c3ccccc3)nc2-c2ccccc2)ccc1O. The highest BCUT2D eigenvalue weighted by molar-refractivity contribution is 7.17. The van der Waals surface area contributed by atoms with Gasteiger partial charge in [0, 0.05) is 17.7 Å². The van der Waals surface area contributed by atoms with Gasteiger partial charge in [-0.15, -0.1) is 11.3 Å². The number of carbonyl (C=O) groups excluding carboxylic acids is 1. The van der Waals surface area contributed by atoms with Crippen molar-refractivity contribution < 1.29 is 14.6 Å². The largest absolute Gasteiger partial charge is 0.504 e. The Morgan fingerprint density at radius 1 is 1.00 bits per heavy atom. The maximum absolute atomic E-state index is 13.1. The van der Waals surface area contributed by atoms with Crippen LogP contribution in [0.15, 0.2) is 78.9 Å². The topological polar surface area (TPSA) is 71.5 Å². The monoisotopic (exact) mass is 416 g/mol. The van der Waals surface area contributed by atoms with Gasteiger partial charge in [-0.05, 0) is 17.7 Å². The summed E-state index contributed by atoms with van der Waals surface area (Å²) in [5.41, 5.74) is 3.36. The first kappa shape index (κ1) is 19.7. The number of phenolic OH excluding ortho intramolecular Hbond substituents is 1. The first-order chi connectivity index (χ1) is 14.7. The fraction of sp³-hybridized carbons (Fsp3) is 0.0833. The zero-order valence-electron chi connectivity index (χ0n) is 16.3. The lowest BCUT2D eigenvalue weighted by Crippen LogP contribution is -2.22. The summed E-state index contributed by atoms with van der Waals surface area (Å²) < 4.78 is 5.14. The Morgan fingerprint density at radius 3 is 2.33 bits per heavy atom. The van der Waals surface area contributed by atoms with Crippen molar-refractivity contribution in [2.45, 2.75) is 6.54 Å². The Bertz CT molecular complexity index is 1160. The average Bonchev–Trinajstić information content (AvgIpc) is 3.25. The standard InChI is InChI=1S/C24H20N2O3S/c1-29-20-14-16(12-13-19(20)27)15-25-23(28)22-21(17-8-4-2-5-9-17)26-24(30-22)18-10-6-3-7-11-18/h2-14,27H,15H2,1H3,(H,25,28). The van der Waals surface area contributed by atoms with Gasteiger partial charge in [-0.1, -0.05) is 66.7 Å². The zero-order chi connectivity index (χ0) is 20.9. The van der Waals surface area contributed by atoms with Gasteiger partial charge in [0.15, 0.2) is 11.5 Å². The van der Waals surface area contributed by atoms with Crippen LogP contribution in [-0.2, 0) is 6.54 Å². The molecular weight excluding hydrogens is 396 g/mol. The number of rotatable bonds is 6. The third-order valence-electron chi connectivity index (χ3n) is 4.60. The van der Waals surface area contributed by atoms with Gasteiger partial charge in [-0.3, -0.25) is 4.79 Å². The zero-order valence-corrected chi connectivity index (χ0v) is 17.1. The Labute approximate surface area is 178 Å². The number of amides is 1. The summed E-state index contributed by atoms with van der Waals surface area (Å²) >= 11 is 1.37. The molecule has 0 atom stereocenters. The van der Waals surface area contributed by atoms with Crippen molar-refractivity contribution in [3.05, 3.63) is 89.3 Å². The molecule has 30 heavy (non-hydrogen) atoms. The smallest absolute Gasteiger partial charge is 0.263 e. The Balaban J connectivity index is 1.63. The van der Waals surface area contributed by atoms with Gasteiger partial charge >= 0.3 is 0 Å². The molecule has 150 valence electrons. The molecule has 1 aromatic heterocycles. The van der Waals surface area contributed by atoms with Crippen LogP contribution in [-0.4, -0.2) is 23.1 Å². The van der Waals surface area contributed by atoms with E-state index in [4.69, 9.17) is 9.72 Å². The molecule has 5 nitrogen and oxygen atoms in total. The molecule has 0 fully saturated rings. The van der Waals surface area contributed by atoms with Crippen molar-refractivity contribution in [2.75, 3.05) is 7.11 Å². The first-order valence-electron chi connectivity index (χ1n) is 9.41. The van der Waals surface area contributed by atoms with E-state index in [1.54, 1.807) is 18.2 Å². The lowest BCUT2D eigenvalue weighted by molar-refractivity contribution is 0.0955. The summed E-state index contributed by atoms with van der Waals surface area (Å²) in [6, 6.07) is 24.5. The van der Waals surface area contributed by atoms with E-state index >= 15 is 0 Å². The molecule has 0 spiro atoms. The van der Waals surface area contributed by atoms with Crippen LogP contribution in [0.1, 0.15) is 15.2 Å². The Kier molecular flexibility index (Phi) is 5.77. The highest BCUT2D eigenvalue weighted by Crippen LogP contribution is 2.34. The summed E-state index contributed by atoms with van der Waals surface area (Å²) in [7, 11) is 1.49. The third kappa shape index (κ3) is 4.18. The van der Waals surface area contributed by atoms with Gasteiger partial charge in [0.05, 0.1) is 12.8 Å². The lowest BCUT2D eigenvalue weighted by atomic mass is 10.1. The predicted octanol–water partition coefficient (Wildman–Crippen LogP) is 5.12. The molecule has 0 bridgehead atoms. The van der Waals surface area contributed by atoms with E-state index in [0.29, 0.717) is 22.9 Å². The molecule has 6 heteroatoms. The molecule has 0 saturated heterocycles. The molecule has 1 amide bonds. The molecule has 0 aliphatic rings. The molecule has 0 saturated carbocycles. The molecule has 1 heterocycles. The van der Waals surface area contributed by atoms with Crippen LogP contribution in [0.3, 0.4) is 0 Å². The number of hydrogen-bond acceptors (Lipinski definition) is 5. The maximum atomic E-state index is 13.1. The molecule has 2 N–H and O–H groups in total. The number of thiazole rings is 1. The number of nitrogens with zero attached hydrogens (tertiary/aromatic N) is 1. The summed E-state index contributed by atoms with van der Waals surface area (Å²) in [5, 5.41) is 13.5. The minimum absolute atomic E-state index is 0.0638. The van der Waals surface area contributed by atoms with Crippen LogP contribution >= 0.6 is 11.3 Å². The van der Waals surface area contributed by atoms with Gasteiger partial charge in [0.1, 0.15) is 9.88 Å². The minimum Gasteiger partial charge on any atom is -0.504 e. The van der Waals surface area contributed by atoms with Crippen molar-refractivity contribution in [3.63, 3.8) is 0 Å². The second kappa shape index (κ2) is 8.80. The fourth-order valence-corrected chi connectivity index (χ4v) is 4.07. The molecule has 0 radical (unpaired) electrons. The van der Waals surface area contributed by atoms with Crippen LogP contribution in [0, 0.1) is 0 Å². The number of hydrogen-bond donors (Lipinski definition) is 2.